The Balaban J connectivity index is 1.18. The van der Waals surface area contributed by atoms with Crippen LogP contribution in [0.5, 0.6) is 0 Å². The van der Waals surface area contributed by atoms with Crippen LogP contribution in [0.25, 0.3) is 0 Å². The van der Waals surface area contributed by atoms with E-state index in [0.29, 0.717) is 24.2 Å². The first-order valence-electron chi connectivity index (χ1n) is 10.9. The Hall–Kier alpha value is -2.17. The summed E-state index contributed by atoms with van der Waals surface area (Å²) in [5.74, 6) is 1.76. The van der Waals surface area contributed by atoms with Gasteiger partial charge in [0.2, 0.25) is 5.91 Å². The summed E-state index contributed by atoms with van der Waals surface area (Å²) >= 11 is 0. The summed E-state index contributed by atoms with van der Waals surface area (Å²) in [4.78, 5) is 14.2. The Morgan fingerprint density at radius 3 is 2.59 bits per heavy atom. The van der Waals surface area contributed by atoms with Crippen LogP contribution in [0.15, 0.2) is 48.5 Å². The predicted molar refractivity (Wildman–Crippen MR) is 115 cm³/mol. The zero-order valence-electron chi connectivity index (χ0n) is 17.1. The van der Waals surface area contributed by atoms with Crippen LogP contribution in [0.4, 0.5) is 5.69 Å². The fraction of sp³-hybridized carbons (Fsp3) is 0.480. The third-order valence-electron chi connectivity index (χ3n) is 7.17. The summed E-state index contributed by atoms with van der Waals surface area (Å²) < 4.78 is 0. The first-order chi connectivity index (χ1) is 14.0. The van der Waals surface area contributed by atoms with Crippen molar-refractivity contribution in [2.75, 3.05) is 25.0 Å². The van der Waals surface area contributed by atoms with Crippen molar-refractivity contribution in [1.82, 2.24) is 4.90 Å². The van der Waals surface area contributed by atoms with Crippen molar-refractivity contribution in [2.24, 2.45) is 11.8 Å². The average Bonchev–Trinajstić information content (AvgIpc) is 3.31. The van der Waals surface area contributed by atoms with Gasteiger partial charge < -0.3 is 15.3 Å². The quantitative estimate of drug-likeness (QED) is 0.820. The smallest absolute Gasteiger partial charge is 0.228 e. The number of anilines is 1. The van der Waals surface area contributed by atoms with Gasteiger partial charge in [-0.15, -0.1) is 0 Å². The van der Waals surface area contributed by atoms with E-state index < -0.39 is 5.60 Å². The summed E-state index contributed by atoms with van der Waals surface area (Å²) in [5, 5.41) is 14.1. The van der Waals surface area contributed by atoms with Crippen molar-refractivity contribution in [3.63, 3.8) is 0 Å². The third-order valence-corrected chi connectivity index (χ3v) is 7.17. The van der Waals surface area contributed by atoms with Crippen molar-refractivity contribution in [2.45, 2.75) is 44.1 Å². The van der Waals surface area contributed by atoms with E-state index in [1.54, 1.807) is 0 Å². The van der Waals surface area contributed by atoms with E-state index in [2.05, 4.69) is 59.6 Å². The highest BCUT2D eigenvalue weighted by molar-refractivity contribution is 5.99. The van der Waals surface area contributed by atoms with Gasteiger partial charge in [-0.2, -0.15) is 0 Å². The van der Waals surface area contributed by atoms with Crippen molar-refractivity contribution >= 4 is 11.6 Å². The van der Waals surface area contributed by atoms with E-state index in [-0.39, 0.29) is 5.91 Å². The lowest BCUT2D eigenvalue weighted by Gasteiger charge is -2.27. The molecule has 1 aliphatic carbocycles. The Morgan fingerprint density at radius 1 is 1.14 bits per heavy atom. The fourth-order valence-electron chi connectivity index (χ4n) is 5.88. The standard InChI is InChI=1S/C25H30N2O2/c1-17(19-7-8-23-20(9-19)10-24(28)26-23)14-27-15-21-12-25(29,13-22(21)16-27)11-18-5-3-2-4-6-18/h2-9,17,21-22,29H,10-16H2,1H3,(H,26,28)/t17?,21-,22?,25-/m1/s1. The molecule has 29 heavy (non-hydrogen) atoms. The van der Waals surface area contributed by atoms with Crippen LogP contribution in [0, 0.1) is 11.8 Å². The minimum atomic E-state index is -0.534. The Labute approximate surface area is 172 Å². The molecule has 0 bridgehead atoms. The molecule has 1 saturated heterocycles. The first kappa shape index (κ1) is 18.8. The van der Waals surface area contributed by atoms with Crippen LogP contribution in [-0.2, 0) is 17.6 Å². The second-order valence-corrected chi connectivity index (χ2v) is 9.58. The second-order valence-electron chi connectivity index (χ2n) is 9.58. The molecule has 2 aromatic carbocycles. The topological polar surface area (TPSA) is 52.6 Å². The van der Waals surface area contributed by atoms with Gasteiger partial charge >= 0.3 is 0 Å². The van der Waals surface area contributed by atoms with Crippen LogP contribution in [0.1, 0.15) is 42.4 Å². The predicted octanol–water partition coefficient (Wildman–Crippen LogP) is 3.60. The molecule has 1 amide bonds. The third kappa shape index (κ3) is 3.84. The van der Waals surface area contributed by atoms with Crippen LogP contribution >= 0.6 is 0 Å². The summed E-state index contributed by atoms with van der Waals surface area (Å²) in [6.45, 7) is 5.52. The van der Waals surface area contributed by atoms with Gasteiger partial charge in [0.05, 0.1) is 12.0 Å². The molecule has 2 heterocycles. The largest absolute Gasteiger partial charge is 0.390 e. The second kappa shape index (κ2) is 7.26. The monoisotopic (exact) mass is 390 g/mol. The molecule has 4 nitrogen and oxygen atoms in total. The van der Waals surface area contributed by atoms with Crippen LogP contribution in [-0.4, -0.2) is 41.1 Å². The molecule has 2 aliphatic heterocycles. The lowest BCUT2D eigenvalue weighted by atomic mass is 9.91. The Bertz CT molecular complexity index is 896. The molecule has 0 aromatic heterocycles. The van der Waals surface area contributed by atoms with Gasteiger partial charge in [-0.05, 0) is 53.4 Å². The summed E-state index contributed by atoms with van der Waals surface area (Å²) in [6.07, 6.45) is 3.12. The molecule has 4 heteroatoms. The number of carbonyl (C=O) groups excluding carboxylic acids is 1. The number of nitrogens with zero attached hydrogens (tertiary/aromatic N) is 1. The number of carbonyl (C=O) groups is 1. The van der Waals surface area contributed by atoms with Crippen molar-refractivity contribution in [1.29, 1.82) is 0 Å². The van der Waals surface area contributed by atoms with Gasteiger partial charge in [-0.1, -0.05) is 49.4 Å². The van der Waals surface area contributed by atoms with Gasteiger partial charge in [0.1, 0.15) is 0 Å². The SMILES string of the molecule is CC(CN1CC2C[C@@](O)(Cc3ccccc3)C[C@@H]2C1)c1ccc2c(c1)CC(=O)N2. The van der Waals surface area contributed by atoms with Gasteiger partial charge in [0.15, 0.2) is 0 Å². The molecule has 1 saturated carbocycles. The molecule has 3 aliphatic rings. The van der Waals surface area contributed by atoms with Crippen molar-refractivity contribution in [3.8, 4) is 0 Å². The fourth-order valence-corrected chi connectivity index (χ4v) is 5.88. The molecule has 2 unspecified atom stereocenters. The normalized spacial score (nSPS) is 29.5. The lowest BCUT2D eigenvalue weighted by molar-refractivity contribution is -0.115. The minimum absolute atomic E-state index is 0.0974. The van der Waals surface area contributed by atoms with Crippen molar-refractivity contribution in [3.05, 3.63) is 65.2 Å². The van der Waals surface area contributed by atoms with Crippen LogP contribution in [0.2, 0.25) is 0 Å². The number of nitrogens with one attached hydrogen (secondary N) is 1. The van der Waals surface area contributed by atoms with Gasteiger partial charge in [-0.3, -0.25) is 4.79 Å². The summed E-state index contributed by atoms with van der Waals surface area (Å²) in [5.41, 5.74) is 4.12. The Kier molecular flexibility index (Phi) is 4.72. The number of hydrogen-bond acceptors (Lipinski definition) is 3. The highest BCUT2D eigenvalue weighted by Gasteiger charge is 2.48. The molecule has 2 N–H and O–H groups in total. The number of likely N-dealkylation sites (tertiary alicyclic amines) is 1. The van der Waals surface area contributed by atoms with E-state index in [1.807, 2.05) is 6.07 Å². The minimum Gasteiger partial charge on any atom is -0.390 e. The van der Waals surface area contributed by atoms with Crippen LogP contribution in [0.3, 0.4) is 0 Å². The summed E-state index contributed by atoms with van der Waals surface area (Å²) in [6, 6.07) is 16.8. The molecule has 4 atom stereocenters. The van der Waals surface area contributed by atoms with Crippen molar-refractivity contribution < 1.29 is 9.90 Å². The highest BCUT2D eigenvalue weighted by atomic mass is 16.3. The maximum absolute atomic E-state index is 11.6. The van der Waals surface area contributed by atoms with Gasteiger partial charge in [-0.25, -0.2) is 0 Å². The molecular formula is C25H30N2O2. The number of fused-ring (bicyclic) bond motifs is 2. The van der Waals surface area contributed by atoms with E-state index in [9.17, 15) is 9.90 Å². The van der Waals surface area contributed by atoms with E-state index in [4.69, 9.17) is 0 Å². The zero-order chi connectivity index (χ0) is 20.0. The average molecular weight is 391 g/mol. The van der Waals surface area contributed by atoms with E-state index >= 15 is 0 Å². The number of hydrogen-bond donors (Lipinski definition) is 2. The first-order valence-corrected chi connectivity index (χ1v) is 10.9. The summed E-state index contributed by atoms with van der Waals surface area (Å²) in [7, 11) is 0. The van der Waals surface area contributed by atoms with Gasteiger partial charge in [0.25, 0.3) is 0 Å². The number of rotatable bonds is 5. The maximum Gasteiger partial charge on any atom is 0.228 e. The maximum atomic E-state index is 11.6. The number of amides is 1. The number of aliphatic hydroxyl groups is 1. The molecule has 5 rings (SSSR count). The molecule has 2 aromatic rings. The molecule has 0 spiro atoms. The molecule has 0 radical (unpaired) electrons. The van der Waals surface area contributed by atoms with Gasteiger partial charge in [0, 0.05) is 31.7 Å². The number of benzene rings is 2. The molecule has 152 valence electrons. The Morgan fingerprint density at radius 2 is 1.86 bits per heavy atom. The lowest BCUT2D eigenvalue weighted by Crippen LogP contribution is -2.33. The highest BCUT2D eigenvalue weighted by Crippen LogP contribution is 2.45. The molecular weight excluding hydrogens is 360 g/mol. The van der Waals surface area contributed by atoms with E-state index in [0.717, 1.165) is 50.1 Å². The van der Waals surface area contributed by atoms with E-state index in [1.165, 1.54) is 11.1 Å². The van der Waals surface area contributed by atoms with Crippen LogP contribution < -0.4 is 5.32 Å². The zero-order valence-corrected chi connectivity index (χ0v) is 17.1. The molecule has 2 fully saturated rings.